The van der Waals surface area contributed by atoms with Crippen LogP contribution in [0.25, 0.3) is 6.08 Å². The van der Waals surface area contributed by atoms with Crippen LogP contribution in [0.5, 0.6) is 5.75 Å². The van der Waals surface area contributed by atoms with Crippen molar-refractivity contribution in [2.45, 2.75) is 39.7 Å². The second kappa shape index (κ2) is 11.7. The summed E-state index contributed by atoms with van der Waals surface area (Å²) in [6.45, 7) is 6.36. The zero-order valence-electron chi connectivity index (χ0n) is 19.3. The Morgan fingerprint density at radius 1 is 1.06 bits per heavy atom. The minimum absolute atomic E-state index is 0.119. The van der Waals surface area contributed by atoms with Gasteiger partial charge in [-0.2, -0.15) is 0 Å². The number of nitrogens with one attached hydrogen (secondary N) is 2. The molecule has 0 aliphatic heterocycles. The SMILES string of the molecule is Cc1cccc(C(=O)N/C(=C\c2ccco2)C(=O)NCCCc2cccc(OC(C)C)c2)c1. The predicted molar refractivity (Wildman–Crippen MR) is 129 cm³/mol. The number of aryl methyl sites for hydroxylation is 2. The molecule has 0 spiro atoms. The Morgan fingerprint density at radius 2 is 1.88 bits per heavy atom. The molecule has 6 nitrogen and oxygen atoms in total. The Balaban J connectivity index is 1.59. The van der Waals surface area contributed by atoms with Gasteiger partial charge in [0, 0.05) is 18.2 Å². The number of hydrogen-bond donors (Lipinski definition) is 2. The van der Waals surface area contributed by atoms with Crippen LogP contribution in [-0.4, -0.2) is 24.5 Å². The van der Waals surface area contributed by atoms with Gasteiger partial charge in [0.15, 0.2) is 0 Å². The molecule has 0 atom stereocenters. The van der Waals surface area contributed by atoms with E-state index in [9.17, 15) is 9.59 Å². The Morgan fingerprint density at radius 3 is 2.61 bits per heavy atom. The molecule has 33 heavy (non-hydrogen) atoms. The third-order valence-corrected chi connectivity index (χ3v) is 4.80. The van der Waals surface area contributed by atoms with Gasteiger partial charge in [-0.25, -0.2) is 0 Å². The summed E-state index contributed by atoms with van der Waals surface area (Å²) in [7, 11) is 0. The Bertz CT molecular complexity index is 1100. The third kappa shape index (κ3) is 7.68. The fraction of sp³-hybridized carbons (Fsp3) is 0.259. The van der Waals surface area contributed by atoms with Crippen molar-refractivity contribution in [2.75, 3.05) is 6.54 Å². The second-order valence-corrected chi connectivity index (χ2v) is 8.07. The monoisotopic (exact) mass is 446 g/mol. The summed E-state index contributed by atoms with van der Waals surface area (Å²) in [5.74, 6) is 0.596. The quantitative estimate of drug-likeness (QED) is 0.343. The highest BCUT2D eigenvalue weighted by atomic mass is 16.5. The molecule has 0 saturated heterocycles. The summed E-state index contributed by atoms with van der Waals surface area (Å²) in [4.78, 5) is 25.5. The molecular weight excluding hydrogens is 416 g/mol. The van der Waals surface area contributed by atoms with Gasteiger partial charge in [-0.15, -0.1) is 0 Å². The lowest BCUT2D eigenvalue weighted by Crippen LogP contribution is -2.35. The molecule has 0 saturated carbocycles. The van der Waals surface area contributed by atoms with E-state index in [1.165, 1.54) is 12.3 Å². The largest absolute Gasteiger partial charge is 0.491 e. The summed E-state index contributed by atoms with van der Waals surface area (Å²) in [5, 5.41) is 5.60. The van der Waals surface area contributed by atoms with Crippen molar-refractivity contribution in [3.8, 4) is 5.75 Å². The van der Waals surface area contributed by atoms with Gasteiger partial charge in [-0.3, -0.25) is 9.59 Å². The van der Waals surface area contributed by atoms with Crippen LogP contribution in [-0.2, 0) is 11.2 Å². The Hall–Kier alpha value is -3.80. The molecule has 2 amide bonds. The van der Waals surface area contributed by atoms with Crippen LogP contribution in [0.2, 0.25) is 0 Å². The molecule has 6 heteroatoms. The van der Waals surface area contributed by atoms with Gasteiger partial charge in [0.05, 0.1) is 12.4 Å². The molecule has 0 fully saturated rings. The fourth-order valence-electron chi connectivity index (χ4n) is 3.29. The van der Waals surface area contributed by atoms with E-state index in [1.807, 2.05) is 51.1 Å². The predicted octanol–water partition coefficient (Wildman–Crippen LogP) is 4.90. The molecule has 2 N–H and O–H groups in total. The summed E-state index contributed by atoms with van der Waals surface area (Å²) in [5.41, 5.74) is 2.72. The van der Waals surface area contributed by atoms with Crippen LogP contribution < -0.4 is 15.4 Å². The third-order valence-electron chi connectivity index (χ3n) is 4.80. The molecule has 1 aromatic heterocycles. The Kier molecular flexibility index (Phi) is 8.47. The van der Waals surface area contributed by atoms with E-state index in [-0.39, 0.29) is 23.6 Å². The van der Waals surface area contributed by atoms with Crippen LogP contribution >= 0.6 is 0 Å². The molecule has 0 aliphatic carbocycles. The number of rotatable bonds is 10. The van der Waals surface area contributed by atoms with Gasteiger partial charge >= 0.3 is 0 Å². The molecule has 0 radical (unpaired) electrons. The van der Waals surface area contributed by atoms with E-state index < -0.39 is 0 Å². The van der Waals surface area contributed by atoms with Crippen molar-refractivity contribution >= 4 is 17.9 Å². The summed E-state index contributed by atoms with van der Waals surface area (Å²) < 4.78 is 11.1. The van der Waals surface area contributed by atoms with Crippen molar-refractivity contribution in [1.82, 2.24) is 10.6 Å². The molecule has 2 aromatic carbocycles. The van der Waals surface area contributed by atoms with Crippen molar-refractivity contribution in [1.29, 1.82) is 0 Å². The number of hydrogen-bond acceptors (Lipinski definition) is 4. The smallest absolute Gasteiger partial charge is 0.267 e. The van der Waals surface area contributed by atoms with Gasteiger partial charge in [0.2, 0.25) is 0 Å². The van der Waals surface area contributed by atoms with Gasteiger partial charge in [-0.05, 0) is 75.6 Å². The first-order chi connectivity index (χ1) is 15.9. The van der Waals surface area contributed by atoms with Crippen molar-refractivity contribution in [3.63, 3.8) is 0 Å². The number of furan rings is 1. The van der Waals surface area contributed by atoms with E-state index in [0.717, 1.165) is 29.7 Å². The zero-order chi connectivity index (χ0) is 23.6. The van der Waals surface area contributed by atoms with E-state index >= 15 is 0 Å². The summed E-state index contributed by atoms with van der Waals surface area (Å²) >= 11 is 0. The second-order valence-electron chi connectivity index (χ2n) is 8.07. The van der Waals surface area contributed by atoms with Crippen molar-refractivity contribution < 1.29 is 18.7 Å². The van der Waals surface area contributed by atoms with Gasteiger partial charge in [-0.1, -0.05) is 29.8 Å². The number of benzene rings is 2. The highest BCUT2D eigenvalue weighted by Gasteiger charge is 2.15. The van der Waals surface area contributed by atoms with E-state index in [4.69, 9.17) is 9.15 Å². The number of ether oxygens (including phenoxy) is 1. The first-order valence-electron chi connectivity index (χ1n) is 11.1. The highest BCUT2D eigenvalue weighted by molar-refractivity contribution is 6.05. The van der Waals surface area contributed by atoms with Gasteiger partial charge < -0.3 is 19.8 Å². The minimum Gasteiger partial charge on any atom is -0.491 e. The van der Waals surface area contributed by atoms with Crippen molar-refractivity contribution in [2.24, 2.45) is 0 Å². The fourth-order valence-corrected chi connectivity index (χ4v) is 3.29. The van der Waals surface area contributed by atoms with Crippen LogP contribution in [0.4, 0.5) is 0 Å². The van der Waals surface area contributed by atoms with Gasteiger partial charge in [0.1, 0.15) is 17.2 Å². The number of carbonyl (C=O) groups excluding carboxylic acids is 2. The maximum Gasteiger partial charge on any atom is 0.267 e. The maximum atomic E-state index is 12.8. The summed E-state index contributed by atoms with van der Waals surface area (Å²) in [6, 6.07) is 18.6. The minimum atomic E-state index is -0.371. The van der Waals surface area contributed by atoms with E-state index in [1.54, 1.807) is 30.3 Å². The van der Waals surface area contributed by atoms with Crippen LogP contribution in [0, 0.1) is 6.92 Å². The maximum absolute atomic E-state index is 12.8. The molecule has 0 unspecified atom stereocenters. The highest BCUT2D eigenvalue weighted by Crippen LogP contribution is 2.16. The number of amides is 2. The first-order valence-corrected chi connectivity index (χ1v) is 11.1. The van der Waals surface area contributed by atoms with Crippen LogP contribution in [0.1, 0.15) is 47.5 Å². The molecule has 3 aromatic rings. The normalized spacial score (nSPS) is 11.3. The molecule has 0 bridgehead atoms. The van der Waals surface area contributed by atoms with E-state index in [2.05, 4.69) is 10.6 Å². The molecule has 3 rings (SSSR count). The molecule has 172 valence electrons. The van der Waals surface area contributed by atoms with Crippen LogP contribution in [0.15, 0.2) is 77.0 Å². The average Bonchev–Trinajstić information content (AvgIpc) is 3.29. The Labute approximate surface area is 194 Å². The number of carbonyl (C=O) groups is 2. The summed E-state index contributed by atoms with van der Waals surface area (Å²) in [6.07, 6.45) is 4.70. The average molecular weight is 447 g/mol. The lowest BCUT2D eigenvalue weighted by atomic mass is 10.1. The first kappa shape index (κ1) is 23.9. The molecule has 1 heterocycles. The molecular formula is C27H30N2O4. The zero-order valence-corrected chi connectivity index (χ0v) is 19.3. The molecule has 0 aliphatic rings. The lowest BCUT2D eigenvalue weighted by molar-refractivity contribution is -0.117. The van der Waals surface area contributed by atoms with Crippen molar-refractivity contribution in [3.05, 3.63) is 95.1 Å². The van der Waals surface area contributed by atoms with Crippen LogP contribution in [0.3, 0.4) is 0 Å². The van der Waals surface area contributed by atoms with E-state index in [0.29, 0.717) is 17.9 Å². The lowest BCUT2D eigenvalue weighted by Gasteiger charge is -2.12. The topological polar surface area (TPSA) is 80.6 Å². The van der Waals surface area contributed by atoms with Gasteiger partial charge in [0.25, 0.3) is 11.8 Å². The standard InChI is InChI=1S/C27H30N2O4/c1-19(2)33-24-12-5-9-21(17-24)10-6-14-28-27(31)25(18-23-13-7-15-32-23)29-26(30)22-11-4-8-20(3)16-22/h4-5,7-9,11-13,15-19H,6,10,14H2,1-3H3,(H,28,31)(H,29,30)/b25-18-.